The predicted octanol–water partition coefficient (Wildman–Crippen LogP) is 5.15. The molecule has 7 atom stereocenters. The first-order valence-electron chi connectivity index (χ1n) is 23.5. The molecule has 2 aliphatic heterocycles. The predicted molar refractivity (Wildman–Crippen MR) is 210 cm³/mol. The van der Waals surface area contributed by atoms with Crippen molar-refractivity contribution < 1.29 is 54.1 Å². The minimum Gasteiger partial charge on any atom is -0.491 e. The minimum absolute atomic E-state index is 0.0527. The number of nitrogens with zero attached hydrogens (tertiary/aromatic N) is 2. The number of benzene rings is 1. The Bertz CT molecular complexity index is 2280. The number of nitrogens with one attached hydrogen (secondary N) is 3. The number of alkyl carbamates (subject to hydrolysis) is 1. The summed E-state index contributed by atoms with van der Waals surface area (Å²) in [6.07, 6.45) is 4.01. The van der Waals surface area contributed by atoms with Crippen LogP contribution in [0.3, 0.4) is 0 Å². The number of aromatic nitrogens is 1. The van der Waals surface area contributed by atoms with E-state index in [2.05, 4.69) is 20.3 Å². The second-order valence-electron chi connectivity index (χ2n) is 16.3. The minimum atomic E-state index is -4.13. The van der Waals surface area contributed by atoms with Gasteiger partial charge < -0.3 is 29.7 Å². The molecule has 1 aromatic carbocycles. The molecule has 2 saturated carbocycles. The molecule has 6 rings (SSSR count). The van der Waals surface area contributed by atoms with Crippen molar-refractivity contribution in [2.45, 2.75) is 140 Å². The summed E-state index contributed by atoms with van der Waals surface area (Å²) in [6.45, 7) is -3.25. The molecular weight excluding hydrogens is 739 g/mol. The van der Waals surface area contributed by atoms with Gasteiger partial charge in [-0.1, -0.05) is 26.0 Å². The van der Waals surface area contributed by atoms with Crippen LogP contribution in [-0.4, -0.2) is 88.8 Å². The fraction of sp³-hybridized carbons (Fsp3) is 0.634. The molecular formula is C41H57N5O9S. The number of amides is 4. The van der Waals surface area contributed by atoms with Crippen LogP contribution < -0.4 is 24.8 Å². The number of sulfonamides is 1. The molecule has 306 valence electrons. The maximum absolute atomic E-state index is 15.1. The Labute approximate surface area is 342 Å². The van der Waals surface area contributed by atoms with Crippen molar-refractivity contribution in [1.82, 2.24) is 25.2 Å². The Balaban J connectivity index is 1.38. The monoisotopic (exact) mass is 804 g/mol. The number of carbonyl (C=O) groups excluding carboxylic acids is 4. The third-order valence-corrected chi connectivity index (χ3v) is 13.3. The van der Waals surface area contributed by atoms with Gasteiger partial charge in [-0.15, -0.1) is 0 Å². The van der Waals surface area contributed by atoms with Gasteiger partial charge >= 0.3 is 6.09 Å². The van der Waals surface area contributed by atoms with E-state index in [9.17, 15) is 22.8 Å². The molecule has 0 unspecified atom stereocenters. The highest BCUT2D eigenvalue weighted by molar-refractivity contribution is 7.91. The van der Waals surface area contributed by atoms with Crippen molar-refractivity contribution >= 4 is 44.6 Å². The Hall–Kier alpha value is -4.40. The third kappa shape index (κ3) is 9.08. The summed E-state index contributed by atoms with van der Waals surface area (Å²) in [5.41, 5.74) is -5.72. The lowest BCUT2D eigenvalue weighted by molar-refractivity contribution is -0.142. The van der Waals surface area contributed by atoms with E-state index in [0.29, 0.717) is 42.2 Å². The van der Waals surface area contributed by atoms with Gasteiger partial charge in [0.15, 0.2) is 0 Å². The molecule has 2 aromatic rings. The van der Waals surface area contributed by atoms with E-state index in [-0.39, 0.29) is 43.7 Å². The standard InChI is InChI=1S/C41H57N5O9S/c1-24(2)53-29-13-14-31-27(20-29)15-18-42-35(31)54-30-21-32-34(47)44-41(37(49)45-56(51,52)40(8)16-17-40)22-28(41)12-10-9-11-25(3)19-26(4)33(36(48)46(32)23-30)43-38(50)55-39(5,6)7/h10,12-15,18,20,24-26,28,30,32-33H,9,11,16-17,19,21-23H2,1-8H3,(H,43,50)(H,44,47)(H,45,49)/b12-10-/t25-,26-,28-,30-,32+,33+,41-/m1/s1/i5D3,6D3,7D3. The highest BCUT2D eigenvalue weighted by Gasteiger charge is 2.63. The van der Waals surface area contributed by atoms with E-state index in [1.807, 2.05) is 26.8 Å². The number of rotatable bonds is 8. The van der Waals surface area contributed by atoms with Gasteiger partial charge in [-0.3, -0.25) is 19.1 Å². The number of hydrogen-bond donors (Lipinski definition) is 3. The topological polar surface area (TPSA) is 182 Å². The quantitative estimate of drug-likeness (QED) is 0.302. The number of pyridine rings is 1. The summed E-state index contributed by atoms with van der Waals surface area (Å²) in [5.74, 6) is -3.52. The molecule has 1 aromatic heterocycles. The van der Waals surface area contributed by atoms with Crippen molar-refractivity contribution in [3.8, 4) is 11.6 Å². The Morgan fingerprint density at radius 2 is 1.88 bits per heavy atom. The zero-order valence-electron chi connectivity index (χ0n) is 41.2. The first kappa shape index (κ1) is 30.7. The molecule has 4 aliphatic rings. The molecule has 1 saturated heterocycles. The molecule has 3 heterocycles. The lowest BCUT2D eigenvalue weighted by Gasteiger charge is -2.33. The van der Waals surface area contributed by atoms with Crippen LogP contribution in [-0.2, 0) is 29.1 Å². The van der Waals surface area contributed by atoms with Gasteiger partial charge in [0.1, 0.15) is 35.1 Å². The van der Waals surface area contributed by atoms with Gasteiger partial charge in [0.2, 0.25) is 27.7 Å². The van der Waals surface area contributed by atoms with Gasteiger partial charge in [0.25, 0.3) is 5.91 Å². The van der Waals surface area contributed by atoms with Gasteiger partial charge in [0, 0.05) is 36.3 Å². The van der Waals surface area contributed by atoms with Crippen LogP contribution in [0.4, 0.5) is 4.79 Å². The highest BCUT2D eigenvalue weighted by Crippen LogP contribution is 2.47. The molecule has 0 spiro atoms. The number of fused-ring (bicyclic) bond motifs is 3. The van der Waals surface area contributed by atoms with E-state index in [1.54, 1.807) is 37.3 Å². The lowest BCUT2D eigenvalue weighted by atomic mass is 9.88. The molecule has 56 heavy (non-hydrogen) atoms. The summed E-state index contributed by atoms with van der Waals surface area (Å²) in [5, 5.41) is 6.33. The second kappa shape index (κ2) is 15.5. The summed E-state index contributed by atoms with van der Waals surface area (Å²) < 4.78 is 116. The van der Waals surface area contributed by atoms with Crippen molar-refractivity contribution in [2.24, 2.45) is 17.8 Å². The number of hydrogen-bond acceptors (Lipinski definition) is 10. The molecule has 3 N–H and O–H groups in total. The summed E-state index contributed by atoms with van der Waals surface area (Å²) in [4.78, 5) is 63.1. The van der Waals surface area contributed by atoms with Gasteiger partial charge in [-0.25, -0.2) is 18.2 Å². The third-order valence-electron chi connectivity index (χ3n) is 11.1. The molecule has 0 bridgehead atoms. The van der Waals surface area contributed by atoms with Crippen LogP contribution in [0.15, 0.2) is 42.6 Å². The molecule has 0 radical (unpaired) electrons. The first-order chi connectivity index (χ1) is 29.9. The Morgan fingerprint density at radius 3 is 2.57 bits per heavy atom. The van der Waals surface area contributed by atoms with Gasteiger partial charge in [0.05, 0.1) is 17.4 Å². The van der Waals surface area contributed by atoms with E-state index < -0.39 is 100 Å². The number of ether oxygens (including phenoxy) is 3. The normalized spacial score (nSPS) is 32.9. The van der Waals surface area contributed by atoms with Gasteiger partial charge in [-0.05, 0) is 121 Å². The van der Waals surface area contributed by atoms with Crippen LogP contribution >= 0.6 is 0 Å². The summed E-state index contributed by atoms with van der Waals surface area (Å²) in [7, 11) is -4.13. The van der Waals surface area contributed by atoms with Crippen molar-refractivity contribution in [1.29, 1.82) is 0 Å². The SMILES string of the molecule is [2H]C([2H])([2H])C(OC(=O)N[C@@H]1C(=O)N2C[C@H](Oc3nccc4cc(OC(C)C)ccc34)C[C@H]2C(=O)N[C@]2(C(=O)NS(=O)(=O)C3(C)CC3)C[C@H]2/C=C\CC[C@@H](C)C[C@H]1C)(C([2H])([2H])[2H])C([2H])([2H])[2H]. The summed E-state index contributed by atoms with van der Waals surface area (Å²) in [6, 6.07) is 3.93. The van der Waals surface area contributed by atoms with E-state index in [0.717, 1.165) is 4.90 Å². The zero-order valence-corrected chi connectivity index (χ0v) is 33.0. The van der Waals surface area contributed by atoms with Crippen LogP contribution in [0.25, 0.3) is 10.8 Å². The number of allylic oxidation sites excluding steroid dienone is 1. The van der Waals surface area contributed by atoms with Crippen molar-refractivity contribution in [2.75, 3.05) is 6.54 Å². The second-order valence-corrected chi connectivity index (χ2v) is 18.5. The van der Waals surface area contributed by atoms with Gasteiger partial charge in [-0.2, -0.15) is 0 Å². The van der Waals surface area contributed by atoms with Crippen LogP contribution in [0.2, 0.25) is 0 Å². The zero-order chi connectivity index (χ0) is 48.3. The fourth-order valence-electron chi connectivity index (χ4n) is 7.62. The van der Waals surface area contributed by atoms with E-state index in [4.69, 9.17) is 26.5 Å². The molecule has 3 fully saturated rings. The average molecular weight is 805 g/mol. The number of carbonyl (C=O) groups is 4. The van der Waals surface area contributed by atoms with Crippen LogP contribution in [0.1, 0.15) is 112 Å². The highest BCUT2D eigenvalue weighted by atomic mass is 32.2. The van der Waals surface area contributed by atoms with Crippen LogP contribution in [0, 0.1) is 17.8 Å². The molecule has 4 amide bonds. The maximum Gasteiger partial charge on any atom is 0.408 e. The van der Waals surface area contributed by atoms with Crippen molar-refractivity contribution in [3.63, 3.8) is 0 Å². The maximum atomic E-state index is 15.1. The Morgan fingerprint density at radius 1 is 1.12 bits per heavy atom. The Kier molecular flexibility index (Phi) is 8.50. The molecule has 14 nitrogen and oxygen atoms in total. The smallest absolute Gasteiger partial charge is 0.408 e. The largest absolute Gasteiger partial charge is 0.491 e. The fourth-order valence-corrected chi connectivity index (χ4v) is 8.93. The average Bonchev–Trinajstić information content (AvgIpc) is 4.05. The summed E-state index contributed by atoms with van der Waals surface area (Å²) >= 11 is 0. The van der Waals surface area contributed by atoms with Crippen LogP contribution in [0.5, 0.6) is 11.6 Å². The molecule has 2 aliphatic carbocycles. The van der Waals surface area contributed by atoms with E-state index in [1.165, 1.54) is 13.1 Å². The lowest BCUT2D eigenvalue weighted by Crippen LogP contribution is -2.59. The van der Waals surface area contributed by atoms with Crippen molar-refractivity contribution in [3.05, 3.63) is 42.6 Å². The molecule has 15 heteroatoms. The van der Waals surface area contributed by atoms with E-state index >= 15 is 4.79 Å². The first-order valence-corrected chi connectivity index (χ1v) is 20.5.